The first-order chi connectivity index (χ1) is 12.9. The molecule has 4 heteroatoms. The van der Waals surface area contributed by atoms with Gasteiger partial charge in [0.2, 0.25) is 0 Å². The fourth-order valence-corrected chi connectivity index (χ4v) is 7.60. The summed E-state index contributed by atoms with van der Waals surface area (Å²) in [7, 11) is 0. The molecule has 0 aromatic rings. The van der Waals surface area contributed by atoms with Crippen molar-refractivity contribution in [3.05, 3.63) is 0 Å². The van der Waals surface area contributed by atoms with Gasteiger partial charge in [-0.25, -0.2) is 0 Å². The number of hydrogen-bond donors (Lipinski definition) is 0. The fraction of sp³-hybridized carbons (Fsp3) is 0.875. The number of Topliss-reactive ketones (excluding diaryl/α,β-unsaturated/α-hetero) is 2. The zero-order chi connectivity index (χ0) is 20.7. The van der Waals surface area contributed by atoms with E-state index in [4.69, 9.17) is 4.74 Å². The lowest BCUT2D eigenvalue weighted by molar-refractivity contribution is -0.148. The van der Waals surface area contributed by atoms with Gasteiger partial charge in [0.25, 0.3) is 0 Å². The van der Waals surface area contributed by atoms with Gasteiger partial charge in [0.15, 0.2) is 0 Å². The highest BCUT2D eigenvalue weighted by molar-refractivity contribution is 5.92. The zero-order valence-electron chi connectivity index (χ0n) is 18.4. The third-order valence-electron chi connectivity index (χ3n) is 10.4. The van der Waals surface area contributed by atoms with Gasteiger partial charge in [-0.2, -0.15) is 0 Å². The van der Waals surface area contributed by atoms with E-state index in [0.29, 0.717) is 24.0 Å². The Bertz CT molecular complexity index is 675. The van der Waals surface area contributed by atoms with Crippen LogP contribution in [-0.2, 0) is 19.1 Å². The lowest BCUT2D eigenvalue weighted by atomic mass is 9.70. The van der Waals surface area contributed by atoms with Crippen LogP contribution >= 0.6 is 0 Å². The monoisotopic (exact) mass is 388 g/mol. The molecule has 0 aliphatic heterocycles. The maximum absolute atomic E-state index is 12.9. The van der Waals surface area contributed by atoms with Crippen LogP contribution < -0.4 is 0 Å². The molecule has 4 nitrogen and oxygen atoms in total. The van der Waals surface area contributed by atoms with Crippen LogP contribution in [0.3, 0.4) is 0 Å². The molecular weight excluding hydrogens is 352 g/mol. The molecule has 0 spiro atoms. The fourth-order valence-electron chi connectivity index (χ4n) is 7.60. The number of rotatable bonds is 5. The molecule has 0 N–H and O–H groups in total. The molecule has 156 valence electrons. The second kappa shape index (κ2) is 5.92. The van der Waals surface area contributed by atoms with Gasteiger partial charge in [-0.15, -0.1) is 0 Å². The van der Waals surface area contributed by atoms with Crippen LogP contribution in [-0.4, -0.2) is 24.1 Å². The lowest BCUT2D eigenvalue weighted by Gasteiger charge is -2.32. The molecule has 0 amide bonds. The Morgan fingerprint density at radius 2 is 1.32 bits per heavy atom. The molecule has 0 saturated heterocycles. The van der Waals surface area contributed by atoms with Crippen molar-refractivity contribution in [1.82, 2.24) is 0 Å². The van der Waals surface area contributed by atoms with E-state index < -0.39 is 0 Å². The Kier molecular flexibility index (Phi) is 4.25. The summed E-state index contributed by atoms with van der Waals surface area (Å²) in [6, 6.07) is 0. The Morgan fingerprint density at radius 3 is 1.75 bits per heavy atom. The van der Waals surface area contributed by atoms with E-state index in [2.05, 4.69) is 41.5 Å². The molecule has 4 bridgehead atoms. The second-order valence-electron chi connectivity index (χ2n) is 11.6. The number of carbonyl (C=O) groups excluding carboxylic acids is 3. The van der Waals surface area contributed by atoms with E-state index in [-0.39, 0.29) is 58.3 Å². The highest BCUT2D eigenvalue weighted by atomic mass is 16.5. The van der Waals surface area contributed by atoms with Gasteiger partial charge in [0.1, 0.15) is 18.2 Å². The molecule has 0 aromatic heterocycles. The van der Waals surface area contributed by atoms with Crippen molar-refractivity contribution >= 4 is 17.5 Å². The van der Waals surface area contributed by atoms with E-state index >= 15 is 0 Å². The number of ether oxygens (including phenoxy) is 1. The van der Waals surface area contributed by atoms with Gasteiger partial charge < -0.3 is 4.74 Å². The maximum atomic E-state index is 12.9. The summed E-state index contributed by atoms with van der Waals surface area (Å²) in [6.07, 6.45) is 4.93. The molecule has 6 atom stereocenters. The lowest BCUT2D eigenvalue weighted by Crippen LogP contribution is -2.34. The van der Waals surface area contributed by atoms with Crippen LogP contribution in [0.25, 0.3) is 0 Å². The predicted molar refractivity (Wildman–Crippen MR) is 106 cm³/mol. The van der Waals surface area contributed by atoms with Crippen molar-refractivity contribution in [2.24, 2.45) is 45.3 Å². The molecule has 4 saturated carbocycles. The third kappa shape index (κ3) is 2.26. The summed E-state index contributed by atoms with van der Waals surface area (Å²) in [4.78, 5) is 38.2. The number of hydrogen-bond acceptors (Lipinski definition) is 4. The normalized spacial score (nSPS) is 45.1. The Balaban J connectivity index is 1.32. The molecule has 0 unspecified atom stereocenters. The van der Waals surface area contributed by atoms with E-state index in [1.165, 1.54) is 0 Å². The molecule has 4 aliphatic carbocycles. The standard InChI is InChI=1S/C24H36O4/c1-21(2)16-9-11-23(21,5)19(26)14(16)7-8-18(25)28-13-15-17-10-12-24(6,20(15)27)22(17,3)4/h14-17H,7-13H2,1-6H3/t14-,15+,16-,17+,23+,24+/m0/s1. The van der Waals surface area contributed by atoms with Gasteiger partial charge in [-0.05, 0) is 54.8 Å². The Labute approximate surface area is 169 Å². The van der Waals surface area contributed by atoms with Crippen molar-refractivity contribution in [1.29, 1.82) is 0 Å². The summed E-state index contributed by atoms with van der Waals surface area (Å²) in [6.45, 7) is 13.2. The predicted octanol–water partition coefficient (Wildman–Crippen LogP) is 4.59. The van der Waals surface area contributed by atoms with E-state index in [0.717, 1.165) is 25.7 Å². The van der Waals surface area contributed by atoms with Gasteiger partial charge in [0, 0.05) is 23.2 Å². The number of esters is 1. The first-order valence-electron chi connectivity index (χ1n) is 11.1. The molecule has 4 fully saturated rings. The quantitative estimate of drug-likeness (QED) is 0.646. The van der Waals surface area contributed by atoms with Gasteiger partial charge in [0.05, 0.1) is 5.92 Å². The molecule has 4 aliphatic rings. The number of ketones is 2. The first kappa shape index (κ1) is 20.1. The van der Waals surface area contributed by atoms with E-state index in [1.807, 2.05) is 0 Å². The Hall–Kier alpha value is -1.19. The van der Waals surface area contributed by atoms with Gasteiger partial charge in [-0.1, -0.05) is 41.5 Å². The summed E-state index contributed by atoms with van der Waals surface area (Å²) in [5.41, 5.74) is -0.499. The summed E-state index contributed by atoms with van der Waals surface area (Å²) >= 11 is 0. The molecule has 0 heterocycles. The largest absolute Gasteiger partial charge is 0.465 e. The molecule has 0 aromatic carbocycles. The zero-order valence-corrected chi connectivity index (χ0v) is 18.4. The second-order valence-corrected chi connectivity index (χ2v) is 11.6. The van der Waals surface area contributed by atoms with Crippen molar-refractivity contribution in [3.8, 4) is 0 Å². The summed E-state index contributed by atoms with van der Waals surface area (Å²) in [5.74, 6) is 0.899. The Morgan fingerprint density at radius 1 is 0.857 bits per heavy atom. The van der Waals surface area contributed by atoms with Crippen LogP contribution in [0.4, 0.5) is 0 Å². The number of fused-ring (bicyclic) bond motifs is 4. The SMILES string of the molecule is CC1(C)[C@@H]2CC[C@]1(C)C(=O)[C@@H]2COC(=O)CC[C@@H]1C(=O)[C@@]2(C)CC[C@@H]1C2(C)C. The smallest absolute Gasteiger partial charge is 0.305 e. The molecule has 0 radical (unpaired) electrons. The topological polar surface area (TPSA) is 60.4 Å². The van der Waals surface area contributed by atoms with Crippen LogP contribution in [0.1, 0.15) is 80.1 Å². The first-order valence-corrected chi connectivity index (χ1v) is 11.1. The highest BCUT2D eigenvalue weighted by Crippen LogP contribution is 2.67. The van der Waals surface area contributed by atoms with Gasteiger partial charge in [-0.3, -0.25) is 14.4 Å². The van der Waals surface area contributed by atoms with Crippen molar-refractivity contribution in [3.63, 3.8) is 0 Å². The maximum Gasteiger partial charge on any atom is 0.305 e. The highest BCUT2D eigenvalue weighted by Gasteiger charge is 2.67. The summed E-state index contributed by atoms with van der Waals surface area (Å²) in [5, 5.41) is 0. The minimum Gasteiger partial charge on any atom is -0.465 e. The average Bonchev–Trinajstić information content (AvgIpc) is 3.10. The van der Waals surface area contributed by atoms with Gasteiger partial charge >= 0.3 is 5.97 Å². The molecule has 28 heavy (non-hydrogen) atoms. The van der Waals surface area contributed by atoms with Crippen LogP contribution in [0, 0.1) is 45.3 Å². The average molecular weight is 389 g/mol. The van der Waals surface area contributed by atoms with Crippen molar-refractivity contribution in [2.75, 3.05) is 6.61 Å². The van der Waals surface area contributed by atoms with E-state index in [1.54, 1.807) is 0 Å². The summed E-state index contributed by atoms with van der Waals surface area (Å²) < 4.78 is 5.57. The number of carbonyl (C=O) groups is 3. The minimum absolute atomic E-state index is 0.0109. The minimum atomic E-state index is -0.273. The van der Waals surface area contributed by atoms with Crippen molar-refractivity contribution < 1.29 is 19.1 Å². The van der Waals surface area contributed by atoms with Crippen molar-refractivity contribution in [2.45, 2.75) is 80.1 Å². The molecule has 4 rings (SSSR count). The van der Waals surface area contributed by atoms with Crippen LogP contribution in [0.15, 0.2) is 0 Å². The molecular formula is C24H36O4. The third-order valence-corrected chi connectivity index (χ3v) is 10.4. The van der Waals surface area contributed by atoms with Crippen LogP contribution in [0.5, 0.6) is 0 Å². The van der Waals surface area contributed by atoms with Crippen LogP contribution in [0.2, 0.25) is 0 Å². The van der Waals surface area contributed by atoms with E-state index in [9.17, 15) is 14.4 Å².